The Balaban J connectivity index is 2.08. The molecule has 1 saturated heterocycles. The summed E-state index contributed by atoms with van der Waals surface area (Å²) in [5, 5.41) is 0. The number of hydrogen-bond acceptors (Lipinski definition) is 2. The largest absolute Gasteiger partial charge is 0.329 e. The Kier molecular flexibility index (Phi) is 3.51. The minimum absolute atomic E-state index is 0.353. The minimum Gasteiger partial charge on any atom is -0.329 e. The van der Waals surface area contributed by atoms with Gasteiger partial charge < -0.3 is 5.73 Å². The summed E-state index contributed by atoms with van der Waals surface area (Å²) in [7, 11) is 0. The van der Waals surface area contributed by atoms with Crippen LogP contribution in [0, 0.1) is 11.6 Å². The van der Waals surface area contributed by atoms with E-state index in [9.17, 15) is 8.78 Å². The lowest BCUT2D eigenvalue weighted by Crippen LogP contribution is -2.34. The van der Waals surface area contributed by atoms with Crippen LogP contribution in [0.25, 0.3) is 0 Å². The van der Waals surface area contributed by atoms with Crippen LogP contribution in [0.4, 0.5) is 8.78 Å². The van der Waals surface area contributed by atoms with Gasteiger partial charge in [0.25, 0.3) is 0 Å². The van der Waals surface area contributed by atoms with Crippen molar-refractivity contribution in [3.8, 4) is 0 Å². The van der Waals surface area contributed by atoms with Crippen LogP contribution in [0.1, 0.15) is 18.4 Å². The molecule has 0 amide bonds. The number of benzene rings is 1. The summed E-state index contributed by atoms with van der Waals surface area (Å²) in [6.45, 7) is 2.15. The molecule has 0 bridgehead atoms. The number of rotatable bonds is 3. The lowest BCUT2D eigenvalue weighted by molar-refractivity contribution is 0.249. The summed E-state index contributed by atoms with van der Waals surface area (Å²) in [6, 6.07) is 4.02. The maximum atomic E-state index is 13.0. The summed E-state index contributed by atoms with van der Waals surface area (Å²) in [5.74, 6) is -1.03. The van der Waals surface area contributed by atoms with E-state index in [0.29, 0.717) is 24.7 Å². The topological polar surface area (TPSA) is 29.3 Å². The lowest BCUT2D eigenvalue weighted by Gasteiger charge is -2.23. The van der Waals surface area contributed by atoms with Crippen LogP contribution in [0.5, 0.6) is 0 Å². The van der Waals surface area contributed by atoms with E-state index in [0.717, 1.165) is 25.5 Å². The van der Waals surface area contributed by atoms with Gasteiger partial charge in [0, 0.05) is 25.2 Å². The van der Waals surface area contributed by atoms with Gasteiger partial charge in [-0.2, -0.15) is 0 Å². The molecule has 1 unspecified atom stereocenters. The summed E-state index contributed by atoms with van der Waals surface area (Å²) in [5.41, 5.74) is 6.33. The van der Waals surface area contributed by atoms with Gasteiger partial charge in [-0.1, -0.05) is 0 Å². The fourth-order valence-corrected chi connectivity index (χ4v) is 2.31. The second-order valence-electron chi connectivity index (χ2n) is 4.28. The molecule has 1 heterocycles. The van der Waals surface area contributed by atoms with E-state index in [-0.39, 0.29) is 0 Å². The molecule has 2 nitrogen and oxygen atoms in total. The zero-order valence-corrected chi connectivity index (χ0v) is 9.13. The van der Waals surface area contributed by atoms with Gasteiger partial charge in [0.2, 0.25) is 0 Å². The highest BCUT2D eigenvalue weighted by atomic mass is 19.1. The van der Waals surface area contributed by atoms with Crippen molar-refractivity contribution in [3.63, 3.8) is 0 Å². The predicted molar refractivity (Wildman–Crippen MR) is 58.8 cm³/mol. The standard InChI is InChI=1S/C12H16F2N2/c13-10-4-9(5-11(14)6-10)8-16-3-1-2-12(16)7-15/h4-6,12H,1-3,7-8,15H2. The molecule has 16 heavy (non-hydrogen) atoms. The molecule has 0 aliphatic carbocycles. The first kappa shape index (κ1) is 11.5. The molecule has 0 saturated carbocycles. The zero-order valence-electron chi connectivity index (χ0n) is 9.13. The molecular formula is C12H16F2N2. The molecule has 1 aromatic carbocycles. The van der Waals surface area contributed by atoms with Crippen LogP contribution in [0.15, 0.2) is 18.2 Å². The smallest absolute Gasteiger partial charge is 0.126 e. The average molecular weight is 226 g/mol. The second kappa shape index (κ2) is 4.89. The van der Waals surface area contributed by atoms with Crippen LogP contribution in [-0.2, 0) is 6.54 Å². The Hall–Kier alpha value is -1.00. The van der Waals surface area contributed by atoms with Crippen LogP contribution >= 0.6 is 0 Å². The van der Waals surface area contributed by atoms with Gasteiger partial charge in [0.1, 0.15) is 11.6 Å². The summed E-state index contributed by atoms with van der Waals surface area (Å²) >= 11 is 0. The highest BCUT2D eigenvalue weighted by molar-refractivity contribution is 5.18. The molecule has 1 atom stereocenters. The number of hydrogen-bond donors (Lipinski definition) is 1. The van der Waals surface area contributed by atoms with Gasteiger partial charge in [-0.15, -0.1) is 0 Å². The third-order valence-electron chi connectivity index (χ3n) is 3.08. The van der Waals surface area contributed by atoms with Crippen molar-refractivity contribution < 1.29 is 8.78 Å². The van der Waals surface area contributed by atoms with Gasteiger partial charge in [0.15, 0.2) is 0 Å². The molecule has 88 valence electrons. The van der Waals surface area contributed by atoms with Crippen LogP contribution < -0.4 is 5.73 Å². The van der Waals surface area contributed by atoms with Gasteiger partial charge in [-0.25, -0.2) is 8.78 Å². The monoisotopic (exact) mass is 226 g/mol. The fraction of sp³-hybridized carbons (Fsp3) is 0.500. The van der Waals surface area contributed by atoms with Gasteiger partial charge >= 0.3 is 0 Å². The van der Waals surface area contributed by atoms with Crippen molar-refractivity contribution in [1.82, 2.24) is 4.90 Å². The van der Waals surface area contributed by atoms with Crippen LogP contribution in [0.2, 0.25) is 0 Å². The molecule has 1 aliphatic rings. The molecule has 1 aliphatic heterocycles. The fourth-order valence-electron chi connectivity index (χ4n) is 2.31. The summed E-state index contributed by atoms with van der Waals surface area (Å²) in [4.78, 5) is 2.19. The minimum atomic E-state index is -0.515. The Morgan fingerprint density at radius 3 is 2.56 bits per heavy atom. The molecule has 1 fully saturated rings. The van der Waals surface area contributed by atoms with Crippen molar-refractivity contribution >= 4 is 0 Å². The first-order chi connectivity index (χ1) is 7.69. The first-order valence-electron chi connectivity index (χ1n) is 5.58. The number of nitrogens with two attached hydrogens (primary N) is 1. The molecule has 4 heteroatoms. The predicted octanol–water partition coefficient (Wildman–Crippen LogP) is 1.89. The van der Waals surface area contributed by atoms with Crippen molar-refractivity contribution in [2.45, 2.75) is 25.4 Å². The third kappa shape index (κ3) is 2.57. The average Bonchev–Trinajstić information content (AvgIpc) is 2.63. The van der Waals surface area contributed by atoms with Gasteiger partial charge in [-0.3, -0.25) is 4.90 Å². The van der Waals surface area contributed by atoms with Gasteiger partial charge in [0.05, 0.1) is 0 Å². The Labute approximate surface area is 94.0 Å². The molecule has 2 N–H and O–H groups in total. The highest BCUT2D eigenvalue weighted by Gasteiger charge is 2.23. The summed E-state index contributed by atoms with van der Waals surface area (Å²) < 4.78 is 26.0. The third-order valence-corrected chi connectivity index (χ3v) is 3.08. The molecule has 0 spiro atoms. The molecule has 0 aromatic heterocycles. The molecule has 2 rings (SSSR count). The summed E-state index contributed by atoms with van der Waals surface area (Å²) in [6.07, 6.45) is 2.19. The Morgan fingerprint density at radius 2 is 1.94 bits per heavy atom. The molecule has 1 aromatic rings. The van der Waals surface area contributed by atoms with Crippen LogP contribution in [0.3, 0.4) is 0 Å². The quantitative estimate of drug-likeness (QED) is 0.852. The molecular weight excluding hydrogens is 210 g/mol. The molecule has 0 radical (unpaired) electrons. The number of halogens is 2. The Bertz CT molecular complexity index is 348. The van der Waals surface area contributed by atoms with E-state index in [1.54, 1.807) is 0 Å². The van der Waals surface area contributed by atoms with E-state index in [1.807, 2.05) is 0 Å². The Morgan fingerprint density at radius 1 is 1.25 bits per heavy atom. The number of likely N-dealkylation sites (tertiary alicyclic amines) is 1. The van der Waals surface area contributed by atoms with Crippen molar-refractivity contribution in [3.05, 3.63) is 35.4 Å². The van der Waals surface area contributed by atoms with E-state index in [2.05, 4.69) is 4.90 Å². The maximum Gasteiger partial charge on any atom is 0.126 e. The maximum absolute atomic E-state index is 13.0. The van der Waals surface area contributed by atoms with Crippen molar-refractivity contribution in [1.29, 1.82) is 0 Å². The van der Waals surface area contributed by atoms with Crippen molar-refractivity contribution in [2.24, 2.45) is 5.73 Å². The van der Waals surface area contributed by atoms with E-state index in [1.165, 1.54) is 12.1 Å². The highest BCUT2D eigenvalue weighted by Crippen LogP contribution is 2.20. The van der Waals surface area contributed by atoms with E-state index in [4.69, 9.17) is 5.73 Å². The first-order valence-corrected chi connectivity index (χ1v) is 5.58. The number of nitrogens with zero attached hydrogens (tertiary/aromatic N) is 1. The SMILES string of the molecule is NCC1CCCN1Cc1cc(F)cc(F)c1. The van der Waals surface area contributed by atoms with Crippen LogP contribution in [-0.4, -0.2) is 24.0 Å². The normalized spacial score (nSPS) is 21.6. The van der Waals surface area contributed by atoms with Gasteiger partial charge in [-0.05, 0) is 37.1 Å². The lowest BCUT2D eigenvalue weighted by atomic mass is 10.1. The van der Waals surface area contributed by atoms with Crippen molar-refractivity contribution in [2.75, 3.05) is 13.1 Å². The van der Waals surface area contributed by atoms with E-state index < -0.39 is 11.6 Å². The second-order valence-corrected chi connectivity index (χ2v) is 4.28. The zero-order chi connectivity index (χ0) is 11.5. The van der Waals surface area contributed by atoms with E-state index >= 15 is 0 Å².